The first-order valence-corrected chi connectivity index (χ1v) is 6.42. The summed E-state index contributed by atoms with van der Waals surface area (Å²) in [5.41, 5.74) is 1.12. The summed E-state index contributed by atoms with van der Waals surface area (Å²) in [5.74, 6) is 1.82. The van der Waals surface area contributed by atoms with Gasteiger partial charge in [-0.2, -0.15) is 0 Å². The van der Waals surface area contributed by atoms with E-state index in [2.05, 4.69) is 26.8 Å². The molecule has 1 nitrogen and oxygen atoms in total. The number of hydrogen-bond acceptors (Lipinski definition) is 1. The van der Waals surface area contributed by atoms with Gasteiger partial charge in [0.1, 0.15) is 0 Å². The number of fused-ring (bicyclic) bond motifs is 1. The van der Waals surface area contributed by atoms with E-state index in [0.29, 0.717) is 17.8 Å². The van der Waals surface area contributed by atoms with Crippen LogP contribution in [0, 0.1) is 17.8 Å². The van der Waals surface area contributed by atoms with Crippen molar-refractivity contribution in [1.82, 2.24) is 0 Å². The van der Waals surface area contributed by atoms with E-state index in [1.807, 2.05) is 0 Å². The molecule has 1 N–H and O–H groups in total. The molecule has 1 saturated carbocycles. The van der Waals surface area contributed by atoms with Crippen LogP contribution >= 0.6 is 0 Å². The molecule has 1 unspecified atom stereocenters. The quantitative estimate of drug-likeness (QED) is 0.654. The highest BCUT2D eigenvalue weighted by molar-refractivity contribution is 5.15. The van der Waals surface area contributed by atoms with Gasteiger partial charge in [0.15, 0.2) is 0 Å². The van der Waals surface area contributed by atoms with E-state index in [1.54, 1.807) is 0 Å². The van der Waals surface area contributed by atoms with Crippen LogP contribution in [0.2, 0.25) is 0 Å². The Kier molecular flexibility index (Phi) is 2.94. The zero-order valence-electron chi connectivity index (χ0n) is 10.3. The molecule has 0 radical (unpaired) electrons. The molecule has 0 spiro atoms. The normalized spacial score (nSPS) is 41.3. The molecule has 2 aliphatic carbocycles. The summed E-state index contributed by atoms with van der Waals surface area (Å²) in [6.45, 7) is 6.81. The lowest BCUT2D eigenvalue weighted by molar-refractivity contribution is -0.0739. The van der Waals surface area contributed by atoms with Crippen molar-refractivity contribution in [1.29, 1.82) is 0 Å². The topological polar surface area (TPSA) is 20.2 Å². The third-order valence-corrected chi connectivity index (χ3v) is 4.50. The van der Waals surface area contributed by atoms with Gasteiger partial charge in [0.2, 0.25) is 0 Å². The molecule has 0 heterocycles. The minimum Gasteiger partial charge on any atom is -0.389 e. The fraction of sp³-hybridized carbons (Fsp3) is 0.857. The Bertz CT molecular complexity index is 267. The third kappa shape index (κ3) is 1.99. The standard InChI is InChI=1S/C14H24O/c1-10(2)12-5-4-7-14(15)8-6-11(3)9-13(12)14/h9-10,12-13,15H,4-8H2,1-3H3/t12-,13?,14-/m0/s1. The van der Waals surface area contributed by atoms with Gasteiger partial charge in [-0.1, -0.05) is 31.9 Å². The lowest BCUT2D eigenvalue weighted by atomic mass is 9.61. The molecule has 0 aromatic carbocycles. The van der Waals surface area contributed by atoms with Gasteiger partial charge in [0, 0.05) is 5.92 Å². The van der Waals surface area contributed by atoms with Crippen LogP contribution in [0.1, 0.15) is 52.9 Å². The van der Waals surface area contributed by atoms with Crippen molar-refractivity contribution in [3.05, 3.63) is 11.6 Å². The van der Waals surface area contributed by atoms with Gasteiger partial charge in [-0.05, 0) is 44.4 Å². The van der Waals surface area contributed by atoms with Gasteiger partial charge in [-0.3, -0.25) is 0 Å². The zero-order valence-corrected chi connectivity index (χ0v) is 10.3. The molecule has 15 heavy (non-hydrogen) atoms. The predicted octanol–water partition coefficient (Wildman–Crippen LogP) is 3.53. The third-order valence-electron chi connectivity index (χ3n) is 4.50. The molecular formula is C14H24O. The number of rotatable bonds is 1. The lowest BCUT2D eigenvalue weighted by Gasteiger charge is -2.47. The maximum Gasteiger partial charge on any atom is 0.0716 e. The molecule has 3 atom stereocenters. The van der Waals surface area contributed by atoms with Crippen molar-refractivity contribution >= 4 is 0 Å². The van der Waals surface area contributed by atoms with Crippen LogP contribution in [-0.4, -0.2) is 10.7 Å². The van der Waals surface area contributed by atoms with Gasteiger partial charge in [0.25, 0.3) is 0 Å². The van der Waals surface area contributed by atoms with E-state index in [1.165, 1.54) is 18.4 Å². The highest BCUT2D eigenvalue weighted by atomic mass is 16.3. The molecule has 0 bridgehead atoms. The van der Waals surface area contributed by atoms with Gasteiger partial charge < -0.3 is 5.11 Å². The van der Waals surface area contributed by atoms with Crippen molar-refractivity contribution in [2.45, 2.75) is 58.5 Å². The molecule has 1 fully saturated rings. The summed E-state index contributed by atoms with van der Waals surface area (Å²) in [6.07, 6.45) is 7.98. The molecule has 0 amide bonds. The first-order chi connectivity index (χ1) is 7.03. The molecule has 0 aromatic rings. The maximum atomic E-state index is 10.7. The highest BCUT2D eigenvalue weighted by Crippen LogP contribution is 2.47. The second-order valence-corrected chi connectivity index (χ2v) is 5.94. The van der Waals surface area contributed by atoms with Crippen LogP contribution in [0.15, 0.2) is 11.6 Å². The summed E-state index contributed by atoms with van der Waals surface area (Å²) in [7, 11) is 0. The zero-order chi connectivity index (χ0) is 11.1. The SMILES string of the molecule is CC1=CC2[C@H](C(C)C)CCC[C@]2(O)CC1. The Morgan fingerprint density at radius 2 is 2.13 bits per heavy atom. The molecule has 2 aliphatic rings. The van der Waals surface area contributed by atoms with Crippen LogP contribution in [0.4, 0.5) is 0 Å². The summed E-state index contributed by atoms with van der Waals surface area (Å²) in [4.78, 5) is 0. The van der Waals surface area contributed by atoms with Crippen LogP contribution in [0.25, 0.3) is 0 Å². The predicted molar refractivity (Wildman–Crippen MR) is 63.6 cm³/mol. The summed E-state index contributed by atoms with van der Waals surface area (Å²) in [5, 5.41) is 10.7. The molecule has 0 aliphatic heterocycles. The molecule has 2 rings (SSSR count). The van der Waals surface area contributed by atoms with Crippen molar-refractivity contribution in [3.8, 4) is 0 Å². The van der Waals surface area contributed by atoms with E-state index < -0.39 is 0 Å². The van der Waals surface area contributed by atoms with E-state index in [4.69, 9.17) is 0 Å². The summed E-state index contributed by atoms with van der Waals surface area (Å²) >= 11 is 0. The van der Waals surface area contributed by atoms with Gasteiger partial charge in [-0.25, -0.2) is 0 Å². The summed E-state index contributed by atoms with van der Waals surface area (Å²) in [6, 6.07) is 0. The molecular weight excluding hydrogens is 184 g/mol. The first-order valence-electron chi connectivity index (χ1n) is 6.42. The minimum absolute atomic E-state index is 0.368. The smallest absolute Gasteiger partial charge is 0.0716 e. The Morgan fingerprint density at radius 1 is 1.40 bits per heavy atom. The highest BCUT2D eigenvalue weighted by Gasteiger charge is 2.45. The average Bonchev–Trinajstić information content (AvgIpc) is 2.18. The average molecular weight is 208 g/mol. The molecule has 0 saturated heterocycles. The number of aliphatic hydroxyl groups is 1. The van der Waals surface area contributed by atoms with Gasteiger partial charge >= 0.3 is 0 Å². The number of hydrogen-bond donors (Lipinski definition) is 1. The van der Waals surface area contributed by atoms with Crippen molar-refractivity contribution in [2.24, 2.45) is 17.8 Å². The van der Waals surface area contributed by atoms with Crippen LogP contribution in [-0.2, 0) is 0 Å². The second-order valence-electron chi connectivity index (χ2n) is 5.94. The van der Waals surface area contributed by atoms with Crippen LogP contribution in [0.3, 0.4) is 0 Å². The van der Waals surface area contributed by atoms with E-state index in [9.17, 15) is 5.11 Å². The fourth-order valence-electron chi connectivity index (χ4n) is 3.51. The van der Waals surface area contributed by atoms with Crippen molar-refractivity contribution in [2.75, 3.05) is 0 Å². The molecule has 86 valence electrons. The summed E-state index contributed by atoms with van der Waals surface area (Å²) < 4.78 is 0. The Labute approximate surface area is 93.6 Å². The van der Waals surface area contributed by atoms with Gasteiger partial charge in [0.05, 0.1) is 5.60 Å². The monoisotopic (exact) mass is 208 g/mol. The lowest BCUT2D eigenvalue weighted by Crippen LogP contribution is -2.47. The minimum atomic E-state index is -0.368. The van der Waals surface area contributed by atoms with Crippen LogP contribution in [0.5, 0.6) is 0 Å². The second kappa shape index (κ2) is 3.93. The van der Waals surface area contributed by atoms with Crippen molar-refractivity contribution < 1.29 is 5.11 Å². The maximum absolute atomic E-state index is 10.7. The van der Waals surface area contributed by atoms with Crippen LogP contribution < -0.4 is 0 Å². The van der Waals surface area contributed by atoms with E-state index >= 15 is 0 Å². The van der Waals surface area contributed by atoms with Crippen molar-refractivity contribution in [3.63, 3.8) is 0 Å². The Balaban J connectivity index is 2.27. The van der Waals surface area contributed by atoms with E-state index in [0.717, 1.165) is 19.3 Å². The fourth-order valence-corrected chi connectivity index (χ4v) is 3.51. The largest absolute Gasteiger partial charge is 0.389 e. The molecule has 1 heteroatoms. The van der Waals surface area contributed by atoms with Gasteiger partial charge in [-0.15, -0.1) is 0 Å². The Morgan fingerprint density at radius 3 is 2.80 bits per heavy atom. The molecule has 0 aromatic heterocycles. The number of allylic oxidation sites excluding steroid dienone is 1. The Hall–Kier alpha value is -0.300. The van der Waals surface area contributed by atoms with E-state index in [-0.39, 0.29) is 5.60 Å². The first kappa shape index (κ1) is 11.2.